The number of aryl methyl sites for hydroxylation is 1. The first-order valence-electron chi connectivity index (χ1n) is 5.00. The van der Waals surface area contributed by atoms with Crippen LogP contribution in [-0.4, -0.2) is 28.7 Å². The fraction of sp³-hybridized carbons (Fsp3) is 0.600. The molecule has 0 saturated heterocycles. The molecule has 5 heteroatoms. The van der Waals surface area contributed by atoms with Gasteiger partial charge in [0, 0.05) is 19.5 Å². The second kappa shape index (κ2) is 5.42. The van der Waals surface area contributed by atoms with Gasteiger partial charge in [0.2, 0.25) is 0 Å². The van der Waals surface area contributed by atoms with Crippen LogP contribution >= 0.6 is 15.9 Å². The van der Waals surface area contributed by atoms with Crippen molar-refractivity contribution in [2.45, 2.75) is 13.8 Å². The molecule has 1 atom stereocenters. The Balaban J connectivity index is 2.76. The van der Waals surface area contributed by atoms with Gasteiger partial charge in [-0.15, -0.1) is 0 Å². The number of carbonyl (C=O) groups is 1. The molecule has 1 rings (SSSR count). The first-order chi connectivity index (χ1) is 7.07. The Morgan fingerprint density at radius 2 is 2.40 bits per heavy atom. The molecular weight excluding hydrogens is 258 g/mol. The van der Waals surface area contributed by atoms with Gasteiger partial charge in [0.1, 0.15) is 5.69 Å². The third-order valence-corrected chi connectivity index (χ3v) is 2.86. The maximum atomic E-state index is 12.0. The Bertz CT molecular complexity index is 329. The van der Waals surface area contributed by atoms with E-state index in [-0.39, 0.29) is 11.7 Å². The summed E-state index contributed by atoms with van der Waals surface area (Å²) in [6.45, 7) is 5.53. The molecule has 0 aliphatic heterocycles. The minimum atomic E-state index is -0.0309. The van der Waals surface area contributed by atoms with Crippen molar-refractivity contribution < 1.29 is 4.79 Å². The number of carbonyl (C=O) groups excluding carboxylic acids is 1. The zero-order chi connectivity index (χ0) is 11.4. The van der Waals surface area contributed by atoms with Crippen molar-refractivity contribution in [2.24, 2.45) is 13.0 Å². The first kappa shape index (κ1) is 12.4. The molecule has 1 aromatic heterocycles. The van der Waals surface area contributed by atoms with E-state index in [1.807, 2.05) is 13.8 Å². The Morgan fingerprint density at radius 3 is 2.87 bits per heavy atom. The van der Waals surface area contributed by atoms with Crippen LogP contribution in [0.25, 0.3) is 0 Å². The number of ketones is 1. The molecular formula is C10H16BrN3O. The van der Waals surface area contributed by atoms with Crippen molar-refractivity contribution in [1.82, 2.24) is 15.1 Å². The molecule has 0 spiro atoms. The average molecular weight is 274 g/mol. The molecule has 0 aliphatic carbocycles. The molecule has 84 valence electrons. The molecule has 0 radical (unpaired) electrons. The van der Waals surface area contributed by atoms with E-state index in [1.54, 1.807) is 17.9 Å². The van der Waals surface area contributed by atoms with Crippen LogP contribution in [0.2, 0.25) is 0 Å². The number of hydrogen-bond acceptors (Lipinski definition) is 3. The lowest BCUT2D eigenvalue weighted by atomic mass is 10.0. The lowest BCUT2D eigenvalue weighted by Crippen LogP contribution is -2.27. The van der Waals surface area contributed by atoms with Crippen LogP contribution in [0.1, 0.15) is 24.3 Å². The minimum Gasteiger partial charge on any atom is -0.316 e. The molecule has 0 bridgehead atoms. The van der Waals surface area contributed by atoms with Gasteiger partial charge >= 0.3 is 0 Å². The minimum absolute atomic E-state index is 0.0309. The van der Waals surface area contributed by atoms with Crippen LogP contribution in [0.3, 0.4) is 0 Å². The van der Waals surface area contributed by atoms with Gasteiger partial charge in [-0.1, -0.05) is 13.8 Å². The van der Waals surface area contributed by atoms with Crippen molar-refractivity contribution in [1.29, 1.82) is 0 Å². The molecule has 0 saturated carbocycles. The quantitative estimate of drug-likeness (QED) is 0.830. The summed E-state index contributed by atoms with van der Waals surface area (Å²) < 4.78 is 2.37. The molecule has 1 heterocycles. The van der Waals surface area contributed by atoms with Gasteiger partial charge in [-0.2, -0.15) is 5.10 Å². The summed E-state index contributed by atoms with van der Waals surface area (Å²) in [4.78, 5) is 12.0. The fourth-order valence-electron chi connectivity index (χ4n) is 1.37. The maximum Gasteiger partial charge on any atom is 0.186 e. The number of nitrogens with one attached hydrogen (secondary N) is 1. The number of halogens is 1. The third kappa shape index (κ3) is 2.89. The lowest BCUT2D eigenvalue weighted by Gasteiger charge is -2.11. The Labute approximate surface area is 98.2 Å². The second-order valence-electron chi connectivity index (χ2n) is 3.54. The summed E-state index contributed by atoms with van der Waals surface area (Å²) in [5.41, 5.74) is 0.639. The van der Waals surface area contributed by atoms with Crippen molar-refractivity contribution >= 4 is 21.7 Å². The van der Waals surface area contributed by atoms with E-state index in [0.29, 0.717) is 12.2 Å². The smallest absolute Gasteiger partial charge is 0.186 e. The summed E-state index contributed by atoms with van der Waals surface area (Å²) in [7, 11) is 1.78. The molecule has 15 heavy (non-hydrogen) atoms. The van der Waals surface area contributed by atoms with E-state index < -0.39 is 0 Å². The predicted molar refractivity (Wildman–Crippen MR) is 62.9 cm³/mol. The van der Waals surface area contributed by atoms with Gasteiger partial charge in [-0.25, -0.2) is 0 Å². The van der Waals surface area contributed by atoms with E-state index in [4.69, 9.17) is 0 Å². The molecule has 1 N–H and O–H groups in total. The van der Waals surface area contributed by atoms with Crippen LogP contribution < -0.4 is 5.32 Å². The lowest BCUT2D eigenvalue weighted by molar-refractivity contribution is 0.0919. The summed E-state index contributed by atoms with van der Waals surface area (Å²) in [5, 5.41) is 7.19. The van der Waals surface area contributed by atoms with Crippen LogP contribution in [0, 0.1) is 5.92 Å². The number of aromatic nitrogens is 2. The average Bonchev–Trinajstić information content (AvgIpc) is 2.54. The molecule has 0 aliphatic rings. The molecule has 0 aromatic carbocycles. The van der Waals surface area contributed by atoms with Gasteiger partial charge in [0.05, 0.1) is 10.7 Å². The summed E-state index contributed by atoms with van der Waals surface area (Å²) >= 11 is 3.33. The summed E-state index contributed by atoms with van der Waals surface area (Å²) in [6, 6.07) is 0. The van der Waals surface area contributed by atoms with Crippen molar-refractivity contribution in [3.05, 3.63) is 16.4 Å². The number of Topliss-reactive ketones (excluding diaryl/α,β-unsaturated/α-hetero) is 1. The van der Waals surface area contributed by atoms with Crippen LogP contribution in [0.4, 0.5) is 0 Å². The zero-order valence-corrected chi connectivity index (χ0v) is 10.8. The molecule has 0 fully saturated rings. The third-order valence-electron chi connectivity index (χ3n) is 2.28. The highest BCUT2D eigenvalue weighted by molar-refractivity contribution is 9.10. The number of rotatable bonds is 5. The molecule has 1 aromatic rings. The van der Waals surface area contributed by atoms with Crippen molar-refractivity contribution in [2.75, 3.05) is 13.1 Å². The topological polar surface area (TPSA) is 46.9 Å². The predicted octanol–water partition coefficient (Wildman–Crippen LogP) is 1.61. The van der Waals surface area contributed by atoms with Gasteiger partial charge in [0.25, 0.3) is 0 Å². The van der Waals surface area contributed by atoms with E-state index in [0.717, 1.165) is 11.0 Å². The Hall–Kier alpha value is -0.680. The molecule has 1 unspecified atom stereocenters. The number of hydrogen-bond donors (Lipinski definition) is 1. The zero-order valence-electron chi connectivity index (χ0n) is 9.25. The fourth-order valence-corrected chi connectivity index (χ4v) is 1.92. The molecule has 0 amide bonds. The normalized spacial score (nSPS) is 12.8. The van der Waals surface area contributed by atoms with E-state index in [9.17, 15) is 4.79 Å². The summed E-state index contributed by atoms with van der Waals surface area (Å²) in [5.74, 6) is 0.0828. The molecule has 4 nitrogen and oxygen atoms in total. The Kier molecular flexibility index (Phi) is 4.47. The van der Waals surface area contributed by atoms with Crippen LogP contribution in [-0.2, 0) is 7.05 Å². The van der Waals surface area contributed by atoms with E-state index >= 15 is 0 Å². The van der Waals surface area contributed by atoms with Crippen molar-refractivity contribution in [3.63, 3.8) is 0 Å². The largest absolute Gasteiger partial charge is 0.316 e. The van der Waals surface area contributed by atoms with Gasteiger partial charge < -0.3 is 5.32 Å². The van der Waals surface area contributed by atoms with Crippen LogP contribution in [0.5, 0.6) is 0 Å². The summed E-state index contributed by atoms with van der Waals surface area (Å²) in [6.07, 6.45) is 1.65. The number of nitrogens with zero attached hydrogens (tertiary/aromatic N) is 2. The highest BCUT2D eigenvalue weighted by atomic mass is 79.9. The SMILES string of the molecule is CCNCC(C)C(=O)c1c(Br)cnn1C. The second-order valence-corrected chi connectivity index (χ2v) is 4.39. The monoisotopic (exact) mass is 273 g/mol. The first-order valence-corrected chi connectivity index (χ1v) is 5.79. The van der Waals surface area contributed by atoms with E-state index in [2.05, 4.69) is 26.3 Å². The van der Waals surface area contributed by atoms with Crippen LogP contribution in [0.15, 0.2) is 10.7 Å². The highest BCUT2D eigenvalue weighted by Crippen LogP contribution is 2.18. The Morgan fingerprint density at radius 1 is 1.73 bits per heavy atom. The van der Waals surface area contributed by atoms with Crippen molar-refractivity contribution in [3.8, 4) is 0 Å². The standard InChI is InChI=1S/C10H16BrN3O/c1-4-12-5-7(2)10(15)9-8(11)6-13-14(9)3/h6-7,12H,4-5H2,1-3H3. The van der Waals surface area contributed by atoms with E-state index in [1.165, 1.54) is 0 Å². The maximum absolute atomic E-state index is 12.0. The van der Waals surface area contributed by atoms with Gasteiger partial charge in [0.15, 0.2) is 5.78 Å². The van der Waals surface area contributed by atoms with Gasteiger partial charge in [-0.3, -0.25) is 9.48 Å². The highest BCUT2D eigenvalue weighted by Gasteiger charge is 2.20. The van der Waals surface area contributed by atoms with Gasteiger partial charge in [-0.05, 0) is 22.5 Å².